The molecule has 98 valence electrons. The maximum atomic E-state index is 12.2. The second-order valence-corrected chi connectivity index (χ2v) is 6.20. The summed E-state index contributed by atoms with van der Waals surface area (Å²) in [4.78, 5) is 14.1. The van der Waals surface area contributed by atoms with E-state index in [9.17, 15) is 4.79 Å². The van der Waals surface area contributed by atoms with Gasteiger partial charge in [-0.25, -0.2) is 0 Å². The van der Waals surface area contributed by atoms with E-state index in [0.717, 1.165) is 20.9 Å². The van der Waals surface area contributed by atoms with Gasteiger partial charge in [-0.3, -0.25) is 4.79 Å². The number of hydrogen-bond acceptors (Lipinski definition) is 2. The maximum absolute atomic E-state index is 12.2. The molecular weight excluding hydrogens is 332 g/mol. The van der Waals surface area contributed by atoms with Crippen molar-refractivity contribution >= 4 is 27.3 Å². The van der Waals surface area contributed by atoms with E-state index in [0.29, 0.717) is 4.47 Å². The number of halogens is 1. The van der Waals surface area contributed by atoms with Gasteiger partial charge in [0.05, 0.1) is 9.35 Å². The Morgan fingerprint density at radius 1 is 0.800 bits per heavy atom. The summed E-state index contributed by atoms with van der Waals surface area (Å²) in [6.07, 6.45) is 0. The molecule has 3 aromatic rings. The first-order valence-electron chi connectivity index (χ1n) is 6.20. The van der Waals surface area contributed by atoms with Crippen LogP contribution in [0.4, 0.5) is 0 Å². The molecule has 0 saturated carbocycles. The fourth-order valence-corrected chi connectivity index (χ4v) is 3.67. The van der Waals surface area contributed by atoms with Crippen LogP contribution < -0.4 is 5.43 Å². The smallest absolute Gasteiger partial charge is 0.195 e. The molecule has 2 aromatic carbocycles. The molecule has 3 heteroatoms. The number of rotatable bonds is 2. The Hall–Kier alpha value is -1.71. The van der Waals surface area contributed by atoms with E-state index >= 15 is 0 Å². The largest absolute Gasteiger partial charge is 0.289 e. The first-order valence-corrected chi connectivity index (χ1v) is 7.81. The Kier molecular flexibility index (Phi) is 3.81. The minimum Gasteiger partial charge on any atom is -0.289 e. The summed E-state index contributed by atoms with van der Waals surface area (Å²) >= 11 is 5.04. The zero-order chi connectivity index (χ0) is 13.9. The zero-order valence-corrected chi connectivity index (χ0v) is 12.9. The lowest BCUT2D eigenvalue weighted by molar-refractivity contribution is 1.57. The van der Waals surface area contributed by atoms with Crippen molar-refractivity contribution < 1.29 is 0 Å². The van der Waals surface area contributed by atoms with Gasteiger partial charge in [0.15, 0.2) is 5.43 Å². The molecule has 0 aliphatic carbocycles. The van der Waals surface area contributed by atoms with Gasteiger partial charge >= 0.3 is 0 Å². The Labute approximate surface area is 129 Å². The van der Waals surface area contributed by atoms with Crippen LogP contribution in [0.3, 0.4) is 0 Å². The minimum absolute atomic E-state index is 0.0152. The van der Waals surface area contributed by atoms with Gasteiger partial charge in [0, 0.05) is 10.9 Å². The molecule has 0 N–H and O–H groups in total. The van der Waals surface area contributed by atoms with Crippen molar-refractivity contribution in [3.05, 3.63) is 81.4 Å². The average molecular weight is 343 g/mol. The Bertz CT molecular complexity index is 779. The predicted octanol–water partition coefficient (Wildman–Crippen LogP) is 5.20. The van der Waals surface area contributed by atoms with E-state index in [1.807, 2.05) is 60.7 Å². The summed E-state index contributed by atoms with van der Waals surface area (Å²) in [7, 11) is 0. The fraction of sp³-hybridized carbons (Fsp3) is 0. The highest BCUT2D eigenvalue weighted by Gasteiger charge is 2.10. The van der Waals surface area contributed by atoms with Crippen molar-refractivity contribution in [2.75, 3.05) is 0 Å². The summed E-state index contributed by atoms with van der Waals surface area (Å²) in [6, 6.07) is 21.6. The highest BCUT2D eigenvalue weighted by atomic mass is 79.9. The van der Waals surface area contributed by atoms with Gasteiger partial charge in [-0.15, -0.1) is 11.3 Å². The van der Waals surface area contributed by atoms with Gasteiger partial charge < -0.3 is 0 Å². The monoisotopic (exact) mass is 342 g/mol. The quantitative estimate of drug-likeness (QED) is 0.625. The standard InChI is InChI=1S/C17H11BrOS/c18-16-14(19)11-15(12-7-3-1-4-8-12)20-17(16)13-9-5-2-6-10-13/h1-11H. The van der Waals surface area contributed by atoms with Crippen LogP contribution >= 0.6 is 27.3 Å². The third-order valence-electron chi connectivity index (χ3n) is 2.98. The van der Waals surface area contributed by atoms with Gasteiger partial charge in [-0.1, -0.05) is 60.7 Å². The zero-order valence-electron chi connectivity index (χ0n) is 10.5. The van der Waals surface area contributed by atoms with Crippen molar-refractivity contribution in [3.8, 4) is 20.9 Å². The molecule has 0 aliphatic rings. The lowest BCUT2D eigenvalue weighted by atomic mass is 10.1. The highest BCUT2D eigenvalue weighted by molar-refractivity contribution is 9.10. The van der Waals surface area contributed by atoms with Crippen LogP contribution in [-0.4, -0.2) is 0 Å². The normalized spacial score (nSPS) is 10.4. The molecule has 20 heavy (non-hydrogen) atoms. The van der Waals surface area contributed by atoms with Crippen LogP contribution in [0.1, 0.15) is 0 Å². The van der Waals surface area contributed by atoms with Crippen LogP contribution in [0.15, 0.2) is 76.0 Å². The number of benzene rings is 2. The van der Waals surface area contributed by atoms with E-state index < -0.39 is 0 Å². The van der Waals surface area contributed by atoms with Crippen molar-refractivity contribution in [2.45, 2.75) is 0 Å². The second kappa shape index (κ2) is 5.73. The predicted molar refractivity (Wildman–Crippen MR) is 89.2 cm³/mol. The average Bonchev–Trinajstić information content (AvgIpc) is 2.51. The maximum Gasteiger partial charge on any atom is 0.195 e. The van der Waals surface area contributed by atoms with E-state index in [2.05, 4.69) is 15.9 Å². The molecule has 0 saturated heterocycles. The fourth-order valence-electron chi connectivity index (χ4n) is 2.00. The second-order valence-electron chi connectivity index (χ2n) is 4.35. The molecule has 0 amide bonds. The van der Waals surface area contributed by atoms with Crippen LogP contribution in [0.25, 0.3) is 20.9 Å². The number of hydrogen-bond donors (Lipinski definition) is 0. The highest BCUT2D eigenvalue weighted by Crippen LogP contribution is 2.35. The third kappa shape index (κ3) is 2.60. The SMILES string of the molecule is O=c1cc(-c2ccccc2)sc(-c2ccccc2)c1Br. The Balaban J connectivity index is 2.22. The molecule has 1 heterocycles. The van der Waals surface area contributed by atoms with Gasteiger partial charge in [-0.2, -0.15) is 0 Å². The molecule has 0 aliphatic heterocycles. The van der Waals surface area contributed by atoms with Gasteiger partial charge in [-0.05, 0) is 27.1 Å². The van der Waals surface area contributed by atoms with E-state index in [4.69, 9.17) is 0 Å². The molecule has 3 rings (SSSR count). The van der Waals surface area contributed by atoms with E-state index in [1.54, 1.807) is 17.4 Å². The minimum atomic E-state index is 0.0152. The molecule has 0 unspecified atom stereocenters. The summed E-state index contributed by atoms with van der Waals surface area (Å²) in [5, 5.41) is 0. The lowest BCUT2D eigenvalue weighted by Gasteiger charge is -2.07. The summed E-state index contributed by atoms with van der Waals surface area (Å²) < 4.78 is 0.633. The van der Waals surface area contributed by atoms with E-state index in [-0.39, 0.29) is 5.43 Å². The summed E-state index contributed by atoms with van der Waals surface area (Å²) in [5.41, 5.74) is 2.14. The van der Waals surface area contributed by atoms with E-state index in [1.165, 1.54) is 0 Å². The van der Waals surface area contributed by atoms with Gasteiger partial charge in [0.2, 0.25) is 0 Å². The molecule has 0 fully saturated rings. The molecule has 0 atom stereocenters. The lowest BCUT2D eigenvalue weighted by Crippen LogP contribution is -2.00. The topological polar surface area (TPSA) is 17.1 Å². The van der Waals surface area contributed by atoms with Gasteiger partial charge in [0.25, 0.3) is 0 Å². The van der Waals surface area contributed by atoms with Crippen LogP contribution in [-0.2, 0) is 0 Å². The summed E-state index contributed by atoms with van der Waals surface area (Å²) in [5.74, 6) is 0. The molecule has 1 nitrogen and oxygen atoms in total. The molecule has 0 bridgehead atoms. The van der Waals surface area contributed by atoms with Crippen molar-refractivity contribution in [1.82, 2.24) is 0 Å². The van der Waals surface area contributed by atoms with Crippen LogP contribution in [0, 0.1) is 0 Å². The first-order chi connectivity index (χ1) is 9.75. The first kappa shape index (κ1) is 13.3. The molecular formula is C17H11BrOS. The molecule has 0 radical (unpaired) electrons. The van der Waals surface area contributed by atoms with Crippen molar-refractivity contribution in [1.29, 1.82) is 0 Å². The van der Waals surface area contributed by atoms with Crippen LogP contribution in [0.2, 0.25) is 0 Å². The van der Waals surface area contributed by atoms with Gasteiger partial charge in [0.1, 0.15) is 0 Å². The van der Waals surface area contributed by atoms with Crippen LogP contribution in [0.5, 0.6) is 0 Å². The Morgan fingerprint density at radius 2 is 1.35 bits per heavy atom. The molecule has 0 spiro atoms. The molecule has 1 aromatic heterocycles. The summed E-state index contributed by atoms with van der Waals surface area (Å²) in [6.45, 7) is 0. The van der Waals surface area contributed by atoms with Crippen molar-refractivity contribution in [3.63, 3.8) is 0 Å². The van der Waals surface area contributed by atoms with Crippen molar-refractivity contribution in [2.24, 2.45) is 0 Å². The Morgan fingerprint density at radius 3 is 1.95 bits per heavy atom. The third-order valence-corrected chi connectivity index (χ3v) is 5.25.